The van der Waals surface area contributed by atoms with E-state index >= 15 is 0 Å². The number of amides is 2. The molecule has 0 saturated heterocycles. The van der Waals surface area contributed by atoms with E-state index in [1.807, 2.05) is 30.3 Å². The number of rotatable bonds is 11. The smallest absolute Gasteiger partial charge is 0.311 e. The van der Waals surface area contributed by atoms with Gasteiger partial charge in [-0.15, -0.1) is 0 Å². The SMILES string of the molecule is CCOC(=O)C(CNC(=O)CNC(=O)c1cccc(S(=O)(=O)N(C)C)c1)Cc1ccccc1. The fourth-order valence-electron chi connectivity index (χ4n) is 2.97. The van der Waals surface area contributed by atoms with E-state index in [1.165, 1.54) is 38.4 Å². The fourth-order valence-corrected chi connectivity index (χ4v) is 3.92. The summed E-state index contributed by atoms with van der Waals surface area (Å²) < 4.78 is 30.6. The quantitative estimate of drug-likeness (QED) is 0.471. The average Bonchev–Trinajstić information content (AvgIpc) is 2.80. The van der Waals surface area contributed by atoms with Gasteiger partial charge in [-0.05, 0) is 37.1 Å². The number of ether oxygens (including phenoxy) is 1. The number of hydrogen-bond donors (Lipinski definition) is 2. The van der Waals surface area contributed by atoms with Crippen molar-refractivity contribution in [3.63, 3.8) is 0 Å². The fraction of sp³-hybridized carbons (Fsp3) is 0.348. The van der Waals surface area contributed by atoms with Crippen LogP contribution in [0.1, 0.15) is 22.8 Å². The Balaban J connectivity index is 1.94. The van der Waals surface area contributed by atoms with Crippen molar-refractivity contribution in [1.29, 1.82) is 0 Å². The molecule has 33 heavy (non-hydrogen) atoms. The van der Waals surface area contributed by atoms with Crippen LogP contribution in [-0.4, -0.2) is 64.3 Å². The minimum Gasteiger partial charge on any atom is -0.466 e. The lowest BCUT2D eigenvalue weighted by atomic mass is 9.99. The second kappa shape index (κ2) is 12.1. The third-order valence-electron chi connectivity index (χ3n) is 4.77. The monoisotopic (exact) mass is 475 g/mol. The van der Waals surface area contributed by atoms with E-state index in [2.05, 4.69) is 10.6 Å². The summed E-state index contributed by atoms with van der Waals surface area (Å²) in [6, 6.07) is 14.9. The summed E-state index contributed by atoms with van der Waals surface area (Å²) in [7, 11) is -0.898. The maximum atomic E-state index is 12.4. The molecular formula is C23H29N3O6S. The van der Waals surface area contributed by atoms with Crippen molar-refractivity contribution < 1.29 is 27.5 Å². The Hall–Kier alpha value is -3.24. The third-order valence-corrected chi connectivity index (χ3v) is 6.59. The summed E-state index contributed by atoms with van der Waals surface area (Å²) in [5, 5.41) is 5.10. The lowest BCUT2D eigenvalue weighted by Crippen LogP contribution is -2.41. The zero-order valence-electron chi connectivity index (χ0n) is 18.9. The van der Waals surface area contributed by atoms with E-state index in [-0.39, 0.29) is 30.2 Å². The van der Waals surface area contributed by atoms with Crippen LogP contribution in [0.25, 0.3) is 0 Å². The molecule has 10 heteroatoms. The van der Waals surface area contributed by atoms with Crippen molar-refractivity contribution in [2.75, 3.05) is 33.8 Å². The molecule has 0 fully saturated rings. The molecule has 2 aromatic carbocycles. The molecule has 0 aliphatic heterocycles. The van der Waals surface area contributed by atoms with Gasteiger partial charge < -0.3 is 15.4 Å². The number of carbonyl (C=O) groups excluding carboxylic acids is 3. The van der Waals surface area contributed by atoms with Gasteiger partial charge in [0, 0.05) is 26.2 Å². The van der Waals surface area contributed by atoms with Crippen molar-refractivity contribution in [1.82, 2.24) is 14.9 Å². The first-order valence-electron chi connectivity index (χ1n) is 10.4. The summed E-state index contributed by atoms with van der Waals surface area (Å²) in [5.74, 6) is -2.06. The van der Waals surface area contributed by atoms with Gasteiger partial charge >= 0.3 is 5.97 Å². The summed E-state index contributed by atoms with van der Waals surface area (Å²) in [6.07, 6.45) is 0.402. The Morgan fingerprint density at radius 2 is 1.70 bits per heavy atom. The molecule has 0 saturated carbocycles. The van der Waals surface area contributed by atoms with Crippen LogP contribution >= 0.6 is 0 Å². The number of sulfonamides is 1. The highest BCUT2D eigenvalue weighted by Gasteiger charge is 2.22. The molecule has 178 valence electrons. The molecule has 0 heterocycles. The first kappa shape index (κ1) is 26.0. The molecule has 0 aliphatic carbocycles. The summed E-state index contributed by atoms with van der Waals surface area (Å²) in [4.78, 5) is 36.9. The van der Waals surface area contributed by atoms with Crippen LogP contribution in [0.4, 0.5) is 0 Å². The van der Waals surface area contributed by atoms with Gasteiger partial charge in [-0.25, -0.2) is 12.7 Å². The molecule has 0 radical (unpaired) electrons. The number of esters is 1. The predicted molar refractivity (Wildman–Crippen MR) is 123 cm³/mol. The van der Waals surface area contributed by atoms with Crippen molar-refractivity contribution in [2.45, 2.75) is 18.2 Å². The maximum Gasteiger partial charge on any atom is 0.311 e. The van der Waals surface area contributed by atoms with Crippen molar-refractivity contribution in [2.24, 2.45) is 5.92 Å². The Morgan fingerprint density at radius 1 is 1.00 bits per heavy atom. The van der Waals surface area contributed by atoms with E-state index in [4.69, 9.17) is 4.74 Å². The van der Waals surface area contributed by atoms with E-state index in [9.17, 15) is 22.8 Å². The van der Waals surface area contributed by atoms with Crippen LogP contribution in [0.5, 0.6) is 0 Å². The molecule has 0 bridgehead atoms. The summed E-state index contributed by atoms with van der Waals surface area (Å²) >= 11 is 0. The van der Waals surface area contributed by atoms with Crippen molar-refractivity contribution in [3.05, 3.63) is 65.7 Å². The van der Waals surface area contributed by atoms with Crippen LogP contribution < -0.4 is 10.6 Å². The molecule has 0 spiro atoms. The topological polar surface area (TPSA) is 122 Å². The molecule has 1 atom stereocenters. The predicted octanol–water partition coefficient (Wildman–Crippen LogP) is 1.20. The molecule has 2 N–H and O–H groups in total. The van der Waals surface area contributed by atoms with Crippen LogP contribution in [0, 0.1) is 5.92 Å². The Bertz CT molecular complexity index is 1070. The number of carbonyl (C=O) groups is 3. The zero-order valence-corrected chi connectivity index (χ0v) is 19.7. The van der Waals surface area contributed by atoms with Crippen molar-refractivity contribution >= 4 is 27.8 Å². The number of benzene rings is 2. The Morgan fingerprint density at radius 3 is 2.33 bits per heavy atom. The van der Waals surface area contributed by atoms with Gasteiger partial charge in [0.15, 0.2) is 0 Å². The van der Waals surface area contributed by atoms with E-state index < -0.39 is 33.7 Å². The van der Waals surface area contributed by atoms with Crippen LogP contribution in [0.3, 0.4) is 0 Å². The first-order valence-corrected chi connectivity index (χ1v) is 11.9. The standard InChI is InChI=1S/C23H29N3O6S/c1-4-32-23(29)19(13-17-9-6-5-7-10-17)15-24-21(27)16-25-22(28)18-11-8-12-20(14-18)33(30,31)26(2)3/h5-12,14,19H,4,13,15-16H2,1-3H3,(H,24,27)(H,25,28). The number of nitrogens with zero attached hydrogens (tertiary/aromatic N) is 1. The highest BCUT2D eigenvalue weighted by Crippen LogP contribution is 2.15. The minimum atomic E-state index is -3.69. The van der Waals surface area contributed by atoms with Crippen LogP contribution in [0.2, 0.25) is 0 Å². The molecule has 2 amide bonds. The van der Waals surface area contributed by atoms with Gasteiger partial charge in [0.05, 0.1) is 24.0 Å². The van der Waals surface area contributed by atoms with Gasteiger partial charge in [0.1, 0.15) is 0 Å². The molecule has 9 nitrogen and oxygen atoms in total. The van der Waals surface area contributed by atoms with Gasteiger partial charge in [-0.2, -0.15) is 0 Å². The van der Waals surface area contributed by atoms with E-state index in [0.717, 1.165) is 9.87 Å². The maximum absolute atomic E-state index is 12.4. The normalized spacial score (nSPS) is 12.1. The number of nitrogens with one attached hydrogen (secondary N) is 2. The zero-order chi connectivity index (χ0) is 24.4. The Kier molecular flexibility index (Phi) is 9.56. The molecule has 0 aliphatic rings. The van der Waals surface area contributed by atoms with E-state index in [0.29, 0.717) is 6.42 Å². The van der Waals surface area contributed by atoms with Gasteiger partial charge in [0.25, 0.3) is 5.91 Å². The molecule has 2 aromatic rings. The van der Waals surface area contributed by atoms with Gasteiger partial charge in [-0.3, -0.25) is 14.4 Å². The molecule has 2 rings (SSSR count). The molecule has 0 aromatic heterocycles. The highest BCUT2D eigenvalue weighted by molar-refractivity contribution is 7.89. The highest BCUT2D eigenvalue weighted by atomic mass is 32.2. The first-order chi connectivity index (χ1) is 15.6. The second-order valence-corrected chi connectivity index (χ2v) is 9.59. The third kappa shape index (κ3) is 7.69. The van der Waals surface area contributed by atoms with Crippen LogP contribution in [0.15, 0.2) is 59.5 Å². The molecule has 1 unspecified atom stereocenters. The number of hydrogen-bond acceptors (Lipinski definition) is 6. The second-order valence-electron chi connectivity index (χ2n) is 7.44. The van der Waals surface area contributed by atoms with E-state index in [1.54, 1.807) is 6.92 Å². The Labute approximate surface area is 194 Å². The lowest BCUT2D eigenvalue weighted by molar-refractivity contribution is -0.147. The largest absolute Gasteiger partial charge is 0.466 e. The van der Waals surface area contributed by atoms with Crippen LogP contribution in [-0.2, 0) is 30.8 Å². The minimum absolute atomic E-state index is 0.0252. The lowest BCUT2D eigenvalue weighted by Gasteiger charge is -2.17. The van der Waals surface area contributed by atoms with Gasteiger partial charge in [-0.1, -0.05) is 36.4 Å². The summed E-state index contributed by atoms with van der Waals surface area (Å²) in [5.41, 5.74) is 1.05. The summed E-state index contributed by atoms with van der Waals surface area (Å²) in [6.45, 7) is 1.67. The van der Waals surface area contributed by atoms with Gasteiger partial charge in [0.2, 0.25) is 15.9 Å². The average molecular weight is 476 g/mol. The van der Waals surface area contributed by atoms with Crippen molar-refractivity contribution in [3.8, 4) is 0 Å². The molecular weight excluding hydrogens is 446 g/mol.